The van der Waals surface area contributed by atoms with Gasteiger partial charge in [0.2, 0.25) is 5.95 Å². The number of ether oxygens (including phenoxy) is 1. The molecular weight excluding hydrogens is 231 g/mol. The summed E-state index contributed by atoms with van der Waals surface area (Å²) in [5.74, 6) is 0.354. The fourth-order valence-corrected chi connectivity index (χ4v) is 1.77. The smallest absolute Gasteiger partial charge is 0.214 e. The van der Waals surface area contributed by atoms with Crippen molar-refractivity contribution in [2.45, 2.75) is 6.54 Å². The fraction of sp³-hybridized carbons (Fsp3) is 0.214. The van der Waals surface area contributed by atoms with Gasteiger partial charge in [0, 0.05) is 31.5 Å². The van der Waals surface area contributed by atoms with Crippen LogP contribution in [0.3, 0.4) is 0 Å². The van der Waals surface area contributed by atoms with Gasteiger partial charge in [-0.25, -0.2) is 4.98 Å². The van der Waals surface area contributed by atoms with Gasteiger partial charge in [0.15, 0.2) is 0 Å². The number of benzene rings is 1. The Hall–Kier alpha value is -2.10. The van der Waals surface area contributed by atoms with Crippen LogP contribution in [0.1, 0.15) is 5.56 Å². The first-order chi connectivity index (χ1) is 8.69. The highest BCUT2D eigenvalue weighted by Gasteiger charge is 2.04. The third-order valence-electron chi connectivity index (χ3n) is 2.70. The second-order valence-corrected chi connectivity index (χ2v) is 4.04. The number of hydrogen-bond donors (Lipinski definition) is 0. The van der Waals surface area contributed by atoms with Gasteiger partial charge in [0.25, 0.3) is 0 Å². The van der Waals surface area contributed by atoms with Gasteiger partial charge >= 0.3 is 0 Å². The van der Waals surface area contributed by atoms with Crippen LogP contribution in [0, 0.1) is 5.95 Å². The van der Waals surface area contributed by atoms with Gasteiger partial charge in [-0.1, -0.05) is 12.1 Å². The lowest BCUT2D eigenvalue weighted by Gasteiger charge is -2.19. The highest BCUT2D eigenvalue weighted by atomic mass is 19.1. The minimum Gasteiger partial charge on any atom is -0.497 e. The zero-order valence-corrected chi connectivity index (χ0v) is 10.4. The van der Waals surface area contributed by atoms with Gasteiger partial charge in [0.05, 0.1) is 7.11 Å². The molecule has 0 saturated carbocycles. The third kappa shape index (κ3) is 2.97. The first kappa shape index (κ1) is 12.4. The summed E-state index contributed by atoms with van der Waals surface area (Å²) in [6.07, 6.45) is 1.47. The highest BCUT2D eigenvalue weighted by molar-refractivity contribution is 5.45. The summed E-state index contributed by atoms with van der Waals surface area (Å²) in [5, 5.41) is 0. The summed E-state index contributed by atoms with van der Waals surface area (Å²) in [5.41, 5.74) is 1.90. The molecule has 1 aromatic carbocycles. The molecule has 1 heterocycles. The first-order valence-corrected chi connectivity index (χ1v) is 5.64. The molecule has 1 aromatic heterocycles. The molecule has 0 atom stereocenters. The molecule has 2 rings (SSSR count). The van der Waals surface area contributed by atoms with E-state index in [1.165, 1.54) is 12.3 Å². The maximum absolute atomic E-state index is 13.0. The molecular formula is C14H15FN2O. The van der Waals surface area contributed by atoms with Gasteiger partial charge < -0.3 is 9.64 Å². The van der Waals surface area contributed by atoms with E-state index in [0.29, 0.717) is 6.54 Å². The van der Waals surface area contributed by atoms with Crippen molar-refractivity contribution in [3.05, 3.63) is 54.1 Å². The van der Waals surface area contributed by atoms with E-state index in [4.69, 9.17) is 4.74 Å². The van der Waals surface area contributed by atoms with E-state index in [1.54, 1.807) is 13.2 Å². The highest BCUT2D eigenvalue weighted by Crippen LogP contribution is 2.18. The summed E-state index contributed by atoms with van der Waals surface area (Å²) in [4.78, 5) is 5.50. The molecule has 0 unspecified atom stereocenters. The Labute approximate surface area is 106 Å². The van der Waals surface area contributed by atoms with Crippen molar-refractivity contribution in [3.63, 3.8) is 0 Å². The van der Waals surface area contributed by atoms with Crippen LogP contribution in [-0.4, -0.2) is 19.1 Å². The van der Waals surface area contributed by atoms with Crippen molar-refractivity contribution in [2.24, 2.45) is 0 Å². The van der Waals surface area contributed by atoms with E-state index in [-0.39, 0.29) is 0 Å². The second kappa shape index (κ2) is 5.49. The maximum atomic E-state index is 13.0. The lowest BCUT2D eigenvalue weighted by atomic mass is 10.2. The molecule has 0 N–H and O–H groups in total. The largest absolute Gasteiger partial charge is 0.497 e. The van der Waals surface area contributed by atoms with Gasteiger partial charge in [0.1, 0.15) is 5.75 Å². The molecule has 0 radical (unpaired) electrons. The lowest BCUT2D eigenvalue weighted by molar-refractivity contribution is 0.414. The molecule has 2 aromatic rings. The molecule has 0 spiro atoms. The Bertz CT molecular complexity index is 531. The number of nitrogens with zero attached hydrogens (tertiary/aromatic N) is 2. The van der Waals surface area contributed by atoms with Crippen LogP contribution in [0.5, 0.6) is 5.75 Å². The normalized spacial score (nSPS) is 10.2. The molecule has 4 heteroatoms. The minimum atomic E-state index is -0.468. The van der Waals surface area contributed by atoms with E-state index >= 15 is 0 Å². The fourth-order valence-electron chi connectivity index (χ4n) is 1.77. The van der Waals surface area contributed by atoms with E-state index in [2.05, 4.69) is 4.98 Å². The number of methoxy groups -OCH3 is 1. The van der Waals surface area contributed by atoms with Crippen LogP contribution in [0.2, 0.25) is 0 Å². The molecule has 18 heavy (non-hydrogen) atoms. The van der Waals surface area contributed by atoms with Crippen molar-refractivity contribution in [1.29, 1.82) is 0 Å². The van der Waals surface area contributed by atoms with Crippen LogP contribution in [0.25, 0.3) is 0 Å². The number of anilines is 1. The standard InChI is InChI=1S/C14H15FN2O/c1-17(12-6-7-16-14(15)9-12)10-11-4-3-5-13(8-11)18-2/h3-9H,10H2,1-2H3. The number of halogens is 1. The molecule has 0 bridgehead atoms. The summed E-state index contributed by atoms with van der Waals surface area (Å²) in [7, 11) is 3.55. The zero-order chi connectivity index (χ0) is 13.0. The monoisotopic (exact) mass is 246 g/mol. The van der Waals surface area contributed by atoms with Crippen molar-refractivity contribution < 1.29 is 9.13 Å². The van der Waals surface area contributed by atoms with E-state index < -0.39 is 5.95 Å². The molecule has 0 saturated heterocycles. The van der Waals surface area contributed by atoms with E-state index in [0.717, 1.165) is 17.0 Å². The SMILES string of the molecule is COc1cccc(CN(C)c2ccnc(F)c2)c1. The predicted molar refractivity (Wildman–Crippen MR) is 69.3 cm³/mol. The lowest BCUT2D eigenvalue weighted by Crippen LogP contribution is -2.16. The summed E-state index contributed by atoms with van der Waals surface area (Å²) < 4.78 is 18.2. The van der Waals surface area contributed by atoms with Crippen LogP contribution in [0.4, 0.5) is 10.1 Å². The topological polar surface area (TPSA) is 25.4 Å². The Morgan fingerprint density at radius 3 is 2.83 bits per heavy atom. The summed E-state index contributed by atoms with van der Waals surface area (Å²) >= 11 is 0. The van der Waals surface area contributed by atoms with Crippen molar-refractivity contribution in [3.8, 4) is 5.75 Å². The van der Waals surface area contributed by atoms with Gasteiger partial charge in [-0.15, -0.1) is 0 Å². The second-order valence-electron chi connectivity index (χ2n) is 4.04. The summed E-state index contributed by atoms with van der Waals surface area (Å²) in [6.45, 7) is 0.681. The Morgan fingerprint density at radius 1 is 1.28 bits per heavy atom. The maximum Gasteiger partial charge on any atom is 0.214 e. The number of pyridine rings is 1. The number of aromatic nitrogens is 1. The minimum absolute atomic E-state index is 0.468. The van der Waals surface area contributed by atoms with E-state index in [1.807, 2.05) is 36.2 Å². The average Bonchev–Trinajstić information content (AvgIpc) is 2.39. The van der Waals surface area contributed by atoms with Gasteiger partial charge in [-0.05, 0) is 23.8 Å². The van der Waals surface area contributed by atoms with Gasteiger partial charge in [-0.3, -0.25) is 0 Å². The van der Waals surface area contributed by atoms with Crippen LogP contribution in [-0.2, 0) is 6.54 Å². The van der Waals surface area contributed by atoms with Crippen molar-refractivity contribution in [2.75, 3.05) is 19.1 Å². The molecule has 0 aliphatic carbocycles. The third-order valence-corrected chi connectivity index (χ3v) is 2.70. The molecule has 3 nitrogen and oxygen atoms in total. The molecule has 0 fully saturated rings. The van der Waals surface area contributed by atoms with Crippen LogP contribution in [0.15, 0.2) is 42.6 Å². The van der Waals surface area contributed by atoms with E-state index in [9.17, 15) is 4.39 Å². The molecule has 0 amide bonds. The Kier molecular flexibility index (Phi) is 3.77. The Balaban J connectivity index is 2.13. The number of hydrogen-bond acceptors (Lipinski definition) is 3. The molecule has 0 aliphatic rings. The van der Waals surface area contributed by atoms with Crippen LogP contribution >= 0.6 is 0 Å². The predicted octanol–water partition coefficient (Wildman–Crippen LogP) is 2.87. The van der Waals surface area contributed by atoms with Gasteiger partial charge in [-0.2, -0.15) is 4.39 Å². The Morgan fingerprint density at radius 2 is 2.11 bits per heavy atom. The van der Waals surface area contributed by atoms with Crippen molar-refractivity contribution >= 4 is 5.69 Å². The summed E-state index contributed by atoms with van der Waals surface area (Å²) in [6, 6.07) is 11.0. The zero-order valence-electron chi connectivity index (χ0n) is 10.4. The molecule has 94 valence electrons. The number of rotatable bonds is 4. The first-order valence-electron chi connectivity index (χ1n) is 5.64. The van der Waals surface area contributed by atoms with Crippen LogP contribution < -0.4 is 9.64 Å². The average molecular weight is 246 g/mol. The van der Waals surface area contributed by atoms with Crippen molar-refractivity contribution in [1.82, 2.24) is 4.98 Å². The molecule has 0 aliphatic heterocycles. The quantitative estimate of drug-likeness (QED) is 0.776.